The molecular formula is C17H26N2. The number of piperidine rings is 1. The maximum Gasteiger partial charge on any atom is 0.0343 e. The highest BCUT2D eigenvalue weighted by Gasteiger charge is 2.32. The molecule has 2 nitrogen and oxygen atoms in total. The summed E-state index contributed by atoms with van der Waals surface area (Å²) < 4.78 is 0. The Morgan fingerprint density at radius 2 is 1.95 bits per heavy atom. The van der Waals surface area contributed by atoms with Gasteiger partial charge in [-0.05, 0) is 62.3 Å². The molecule has 1 aromatic carbocycles. The lowest BCUT2D eigenvalue weighted by molar-refractivity contribution is 0.0547. The van der Waals surface area contributed by atoms with E-state index >= 15 is 0 Å². The maximum absolute atomic E-state index is 5.91. The molecule has 2 aliphatic rings. The normalized spacial score (nSPS) is 28.1. The van der Waals surface area contributed by atoms with Crippen LogP contribution in [0, 0.1) is 12.8 Å². The van der Waals surface area contributed by atoms with Crippen LogP contribution in [-0.2, 0) is 6.54 Å². The summed E-state index contributed by atoms with van der Waals surface area (Å²) in [6, 6.07) is 7.38. The second kappa shape index (κ2) is 5.54. The molecule has 1 aromatic rings. The molecule has 2 N–H and O–H groups in total. The van der Waals surface area contributed by atoms with Crippen LogP contribution in [0.4, 0.5) is 5.69 Å². The summed E-state index contributed by atoms with van der Waals surface area (Å²) in [5.74, 6) is 0.970. The van der Waals surface area contributed by atoms with E-state index in [1.807, 2.05) is 0 Å². The quantitative estimate of drug-likeness (QED) is 0.819. The van der Waals surface area contributed by atoms with Crippen LogP contribution in [0.15, 0.2) is 18.2 Å². The fourth-order valence-corrected chi connectivity index (χ4v) is 3.99. The third-order valence-electron chi connectivity index (χ3n) is 5.08. The minimum Gasteiger partial charge on any atom is -0.399 e. The van der Waals surface area contributed by atoms with Gasteiger partial charge in [-0.3, -0.25) is 4.90 Å². The Morgan fingerprint density at radius 1 is 1.16 bits per heavy atom. The SMILES string of the molecule is Cc1cc(CN2CCCC3CCCCC32)ccc1N. The standard InChI is InChI=1S/C17H26N2/c1-13-11-14(8-9-16(13)18)12-19-10-4-6-15-5-2-3-7-17(15)19/h8-9,11,15,17H,2-7,10,12,18H2,1H3. The van der Waals surface area contributed by atoms with Gasteiger partial charge < -0.3 is 5.73 Å². The van der Waals surface area contributed by atoms with Crippen molar-refractivity contribution in [3.63, 3.8) is 0 Å². The van der Waals surface area contributed by atoms with Crippen molar-refractivity contribution >= 4 is 5.69 Å². The van der Waals surface area contributed by atoms with E-state index in [2.05, 4.69) is 30.0 Å². The van der Waals surface area contributed by atoms with Gasteiger partial charge >= 0.3 is 0 Å². The molecule has 1 heterocycles. The molecule has 2 heteroatoms. The Kier molecular flexibility index (Phi) is 3.79. The van der Waals surface area contributed by atoms with E-state index in [1.54, 1.807) is 0 Å². The molecule has 1 aliphatic carbocycles. The number of hydrogen-bond donors (Lipinski definition) is 1. The fourth-order valence-electron chi connectivity index (χ4n) is 3.99. The lowest BCUT2D eigenvalue weighted by Crippen LogP contribution is -2.46. The summed E-state index contributed by atoms with van der Waals surface area (Å²) in [5.41, 5.74) is 9.48. The molecule has 0 radical (unpaired) electrons. The third kappa shape index (κ3) is 2.79. The van der Waals surface area contributed by atoms with Crippen molar-refractivity contribution in [3.8, 4) is 0 Å². The first-order valence-electron chi connectivity index (χ1n) is 7.83. The van der Waals surface area contributed by atoms with Crippen molar-refractivity contribution in [1.29, 1.82) is 0 Å². The van der Waals surface area contributed by atoms with Crippen molar-refractivity contribution in [1.82, 2.24) is 4.90 Å². The van der Waals surface area contributed by atoms with Crippen molar-refractivity contribution in [2.24, 2.45) is 5.92 Å². The summed E-state index contributed by atoms with van der Waals surface area (Å²) >= 11 is 0. The average Bonchev–Trinajstić information content (AvgIpc) is 2.43. The van der Waals surface area contributed by atoms with E-state index in [4.69, 9.17) is 5.73 Å². The Hall–Kier alpha value is -1.02. The van der Waals surface area contributed by atoms with E-state index in [0.29, 0.717) is 0 Å². The van der Waals surface area contributed by atoms with Crippen LogP contribution < -0.4 is 5.73 Å². The van der Waals surface area contributed by atoms with E-state index in [9.17, 15) is 0 Å². The Labute approximate surface area is 117 Å². The Morgan fingerprint density at radius 3 is 2.79 bits per heavy atom. The van der Waals surface area contributed by atoms with Gasteiger partial charge in [-0.2, -0.15) is 0 Å². The van der Waals surface area contributed by atoms with Gasteiger partial charge in [0.15, 0.2) is 0 Å². The summed E-state index contributed by atoms with van der Waals surface area (Å²) in [6.45, 7) is 4.51. The Balaban J connectivity index is 1.72. The summed E-state index contributed by atoms with van der Waals surface area (Å²) in [6.07, 6.45) is 8.60. The van der Waals surface area contributed by atoms with Gasteiger partial charge in [-0.1, -0.05) is 25.0 Å². The van der Waals surface area contributed by atoms with Crippen LogP contribution in [0.2, 0.25) is 0 Å². The molecule has 1 aliphatic heterocycles. The molecular weight excluding hydrogens is 232 g/mol. The molecule has 0 amide bonds. The van der Waals surface area contributed by atoms with Crippen LogP contribution in [0.25, 0.3) is 0 Å². The van der Waals surface area contributed by atoms with Crippen molar-refractivity contribution in [3.05, 3.63) is 29.3 Å². The van der Waals surface area contributed by atoms with Crippen LogP contribution in [-0.4, -0.2) is 17.5 Å². The predicted octanol–water partition coefficient (Wildman–Crippen LogP) is 3.73. The number of hydrogen-bond acceptors (Lipinski definition) is 2. The van der Waals surface area contributed by atoms with Gasteiger partial charge in [0.05, 0.1) is 0 Å². The molecule has 0 bridgehead atoms. The number of fused-ring (bicyclic) bond motifs is 1. The number of likely N-dealkylation sites (tertiary alicyclic amines) is 1. The van der Waals surface area contributed by atoms with Crippen molar-refractivity contribution < 1.29 is 0 Å². The van der Waals surface area contributed by atoms with Gasteiger partial charge in [0.2, 0.25) is 0 Å². The van der Waals surface area contributed by atoms with Gasteiger partial charge in [-0.15, -0.1) is 0 Å². The van der Waals surface area contributed by atoms with Gasteiger partial charge in [0, 0.05) is 18.3 Å². The van der Waals surface area contributed by atoms with E-state index < -0.39 is 0 Å². The predicted molar refractivity (Wildman–Crippen MR) is 81.0 cm³/mol. The monoisotopic (exact) mass is 258 g/mol. The first kappa shape index (κ1) is 13.0. The largest absolute Gasteiger partial charge is 0.399 e. The molecule has 2 unspecified atom stereocenters. The molecule has 1 saturated carbocycles. The van der Waals surface area contributed by atoms with Crippen molar-refractivity contribution in [2.45, 2.75) is 58.0 Å². The minimum absolute atomic E-state index is 0.848. The van der Waals surface area contributed by atoms with Gasteiger partial charge in [0.25, 0.3) is 0 Å². The lowest BCUT2D eigenvalue weighted by Gasteiger charge is -2.44. The molecule has 3 rings (SSSR count). The maximum atomic E-state index is 5.91. The molecule has 0 spiro atoms. The summed E-state index contributed by atoms with van der Waals surface area (Å²) in [7, 11) is 0. The topological polar surface area (TPSA) is 29.3 Å². The van der Waals surface area contributed by atoms with Gasteiger partial charge in [0.1, 0.15) is 0 Å². The number of nitrogens with two attached hydrogens (primary N) is 1. The second-order valence-electron chi connectivity index (χ2n) is 6.42. The van der Waals surface area contributed by atoms with E-state index in [-0.39, 0.29) is 0 Å². The smallest absolute Gasteiger partial charge is 0.0343 e. The number of nitrogen functional groups attached to an aromatic ring is 1. The molecule has 2 fully saturated rings. The molecule has 2 atom stereocenters. The van der Waals surface area contributed by atoms with Crippen LogP contribution in [0.1, 0.15) is 49.7 Å². The zero-order valence-corrected chi connectivity index (χ0v) is 12.1. The number of anilines is 1. The molecule has 1 saturated heterocycles. The van der Waals surface area contributed by atoms with Crippen molar-refractivity contribution in [2.75, 3.05) is 12.3 Å². The molecule has 0 aromatic heterocycles. The highest BCUT2D eigenvalue weighted by molar-refractivity contribution is 5.47. The highest BCUT2D eigenvalue weighted by atomic mass is 15.2. The van der Waals surface area contributed by atoms with Crippen LogP contribution in [0.3, 0.4) is 0 Å². The number of rotatable bonds is 2. The highest BCUT2D eigenvalue weighted by Crippen LogP contribution is 2.36. The Bertz CT molecular complexity index is 439. The first-order valence-corrected chi connectivity index (χ1v) is 7.83. The lowest BCUT2D eigenvalue weighted by atomic mass is 9.78. The molecule has 19 heavy (non-hydrogen) atoms. The molecule has 104 valence electrons. The first-order chi connectivity index (χ1) is 9.24. The number of aryl methyl sites for hydroxylation is 1. The zero-order valence-electron chi connectivity index (χ0n) is 12.1. The average molecular weight is 258 g/mol. The third-order valence-corrected chi connectivity index (χ3v) is 5.08. The van der Waals surface area contributed by atoms with Crippen LogP contribution in [0.5, 0.6) is 0 Å². The van der Waals surface area contributed by atoms with Crippen LogP contribution >= 0.6 is 0 Å². The minimum atomic E-state index is 0.848. The van der Waals surface area contributed by atoms with E-state index in [0.717, 1.165) is 24.2 Å². The van der Waals surface area contributed by atoms with E-state index in [1.165, 1.54) is 56.2 Å². The summed E-state index contributed by atoms with van der Waals surface area (Å²) in [5, 5.41) is 0. The number of nitrogens with zero attached hydrogens (tertiary/aromatic N) is 1. The fraction of sp³-hybridized carbons (Fsp3) is 0.647. The number of benzene rings is 1. The second-order valence-corrected chi connectivity index (χ2v) is 6.42. The zero-order chi connectivity index (χ0) is 13.2. The van der Waals surface area contributed by atoms with Gasteiger partial charge in [-0.25, -0.2) is 0 Å². The summed E-state index contributed by atoms with van der Waals surface area (Å²) in [4.78, 5) is 2.73.